The summed E-state index contributed by atoms with van der Waals surface area (Å²) in [6.45, 7) is 18.6. The fraction of sp³-hybridized carbons (Fsp3) is 0.442. The lowest BCUT2D eigenvalue weighted by Crippen LogP contribution is -2.87. The summed E-state index contributed by atoms with van der Waals surface area (Å²) in [4.78, 5) is 25.0. The highest BCUT2D eigenvalue weighted by Crippen LogP contribution is 2.58. The number of aryl methyl sites for hydroxylation is 8. The van der Waals surface area contributed by atoms with Gasteiger partial charge in [0.15, 0.2) is 0 Å². The van der Waals surface area contributed by atoms with Crippen LogP contribution in [0.3, 0.4) is 0 Å². The van der Waals surface area contributed by atoms with E-state index in [0.717, 1.165) is 32.1 Å². The van der Waals surface area contributed by atoms with E-state index in [1.807, 2.05) is 0 Å². The molecule has 0 amide bonds. The van der Waals surface area contributed by atoms with Gasteiger partial charge in [0.05, 0.1) is 12.1 Å². The Morgan fingerprint density at radius 1 is 0.255 bits per heavy atom. The van der Waals surface area contributed by atoms with Crippen molar-refractivity contribution in [2.75, 3.05) is 29.4 Å². The molecule has 8 heteroatoms. The van der Waals surface area contributed by atoms with Crippen molar-refractivity contribution in [3.05, 3.63) is 239 Å². The van der Waals surface area contributed by atoms with Gasteiger partial charge >= 0.3 is 0 Å². The summed E-state index contributed by atoms with van der Waals surface area (Å²) in [5, 5.41) is 0. The van der Waals surface area contributed by atoms with E-state index < -0.39 is 0 Å². The summed E-state index contributed by atoms with van der Waals surface area (Å²) in [6, 6.07) is 82.6. The summed E-state index contributed by atoms with van der Waals surface area (Å²) in [5.74, 6) is 0. The molecule has 0 radical (unpaired) electrons. The van der Waals surface area contributed by atoms with Gasteiger partial charge in [0.1, 0.15) is 0 Å². The summed E-state index contributed by atoms with van der Waals surface area (Å²) >= 11 is 0. The number of piperazine rings is 4. The van der Waals surface area contributed by atoms with E-state index in [4.69, 9.17) is 0 Å². The van der Waals surface area contributed by atoms with Gasteiger partial charge in [-0.2, -0.15) is 0 Å². The van der Waals surface area contributed by atoms with Crippen molar-refractivity contribution in [2.24, 2.45) is 0 Å². The maximum absolute atomic E-state index is 3.39. The lowest BCUT2D eigenvalue weighted by molar-refractivity contribution is -0.118. The molecule has 17 rings (SSSR count). The second-order valence-electron chi connectivity index (χ2n) is 30.8. The largest absolute Gasteiger partial charge is 0.362 e. The minimum atomic E-state index is 0.246. The zero-order valence-electron chi connectivity index (χ0n) is 57.2. The van der Waals surface area contributed by atoms with Crippen LogP contribution >= 0.6 is 0 Å². The highest BCUT2D eigenvalue weighted by Gasteiger charge is 2.68. The Morgan fingerprint density at radius 2 is 0.511 bits per heavy atom. The Kier molecular flexibility index (Phi) is 15.5. The molecule has 0 spiro atoms. The third kappa shape index (κ3) is 10.0. The standard InChI is InChI=1S/C86H100N8/c1-55-37-41-69(59(5)45-55)91(70-42-38-56(2)46-60(70)6)67-49-81-85-83(51-67)89(65-29-17-11-18-30-65)77-53-78-80(54-79(77)93(85)75-35-23-21-33-73(75)87(81)63-25-13-9-14-26-63)94-76-36-24-22-34-74(76)88(64-27-15-10-16-28-64)82-50-68(52-84(86(82)94)90(78)66-31-19-12-20-32-66)92(71-43-39-57(3)47-61(71)7)72-44-40-58(4)48-62(72)8/h9-20,25-32,37-48,67-68,73-86H,21-24,33-36,49-54H2,1-8H3. The number of rotatable bonds is 10. The Morgan fingerprint density at radius 3 is 0.787 bits per heavy atom. The Hall–Kier alpha value is -7.52. The van der Waals surface area contributed by atoms with Gasteiger partial charge in [-0.15, -0.1) is 0 Å². The van der Waals surface area contributed by atoms with E-state index in [1.54, 1.807) is 0 Å². The second-order valence-corrected chi connectivity index (χ2v) is 30.8. The van der Waals surface area contributed by atoms with Crippen molar-refractivity contribution in [1.29, 1.82) is 0 Å². The van der Waals surface area contributed by atoms with E-state index >= 15 is 0 Å². The highest BCUT2D eigenvalue weighted by atomic mass is 15.5. The first-order valence-corrected chi connectivity index (χ1v) is 36.7. The van der Waals surface area contributed by atoms with E-state index in [1.165, 1.54) is 148 Å². The molecule has 0 aromatic heterocycles. The number of benzene rings is 8. The number of fused-ring (bicyclic) bond motifs is 8. The summed E-state index contributed by atoms with van der Waals surface area (Å²) in [5.41, 5.74) is 21.9. The lowest BCUT2D eigenvalue weighted by atomic mass is 9.63. The first kappa shape index (κ1) is 60.2. The highest BCUT2D eigenvalue weighted by molar-refractivity contribution is 5.73. The maximum atomic E-state index is 3.39. The molecule has 5 aliphatic carbocycles. The van der Waals surface area contributed by atoms with Crippen LogP contribution in [0.1, 0.15) is 134 Å². The minimum absolute atomic E-state index is 0.246. The van der Waals surface area contributed by atoms with E-state index in [0.29, 0.717) is 72.5 Å². The average molecular weight is 1250 g/mol. The van der Waals surface area contributed by atoms with E-state index in [9.17, 15) is 0 Å². The summed E-state index contributed by atoms with van der Waals surface area (Å²) in [6.07, 6.45) is 16.9. The molecular formula is C86H100N8. The van der Waals surface area contributed by atoms with Crippen molar-refractivity contribution in [3.8, 4) is 0 Å². The number of anilines is 8. The molecule has 9 aliphatic rings. The van der Waals surface area contributed by atoms with Crippen LogP contribution in [-0.4, -0.2) is 106 Å². The molecule has 484 valence electrons. The third-order valence-corrected chi connectivity index (χ3v) is 25.3. The predicted molar refractivity (Wildman–Crippen MR) is 393 cm³/mol. The van der Waals surface area contributed by atoms with Gasteiger partial charge in [0.25, 0.3) is 0 Å². The van der Waals surface area contributed by atoms with Gasteiger partial charge in [0, 0.05) is 130 Å². The Bertz CT molecular complexity index is 3660. The quantitative estimate of drug-likeness (QED) is 0.134. The fourth-order valence-electron chi connectivity index (χ4n) is 22.2. The molecular weight excluding hydrogens is 1150 g/mol. The van der Waals surface area contributed by atoms with Crippen molar-refractivity contribution in [2.45, 2.75) is 242 Å². The molecule has 94 heavy (non-hydrogen) atoms. The second kappa shape index (κ2) is 24.3. The van der Waals surface area contributed by atoms with Crippen molar-refractivity contribution in [3.63, 3.8) is 0 Å². The number of hydrogen-bond acceptors (Lipinski definition) is 8. The maximum Gasteiger partial charge on any atom is 0.0512 e. The zero-order valence-corrected chi connectivity index (χ0v) is 57.2. The SMILES string of the molecule is Cc1ccc(N(c2ccc(C)cc2C)C2CC3C4C(C2)N(c2ccccc2)C2CC5C(CC2N4C2CCCCC2N3c2ccccc2)N2C3CCCCC3N(c3ccccc3)C3CC(N(c4ccc(C)cc4C)c4ccc(C)cc4C)CC(C32)N5c2ccccc2)c(C)c1. The van der Waals surface area contributed by atoms with Crippen LogP contribution in [0, 0.1) is 55.4 Å². The molecule has 8 aromatic carbocycles. The van der Waals surface area contributed by atoms with Crippen LogP contribution in [0.4, 0.5) is 45.5 Å². The van der Waals surface area contributed by atoms with Crippen molar-refractivity contribution < 1.29 is 0 Å². The van der Waals surface area contributed by atoms with E-state index in [2.05, 4.69) is 289 Å². The van der Waals surface area contributed by atoms with Crippen LogP contribution in [-0.2, 0) is 0 Å². The van der Waals surface area contributed by atoms with Gasteiger partial charge in [-0.1, -0.05) is 169 Å². The first-order valence-electron chi connectivity index (χ1n) is 36.7. The molecule has 8 nitrogen and oxygen atoms in total. The molecule has 16 unspecified atom stereocenters. The van der Waals surface area contributed by atoms with Crippen LogP contribution in [0.5, 0.6) is 0 Å². The average Bonchev–Trinajstić information content (AvgIpc) is 0.686. The fourth-order valence-corrected chi connectivity index (χ4v) is 22.2. The van der Waals surface area contributed by atoms with Crippen molar-refractivity contribution in [1.82, 2.24) is 9.80 Å². The van der Waals surface area contributed by atoms with Gasteiger partial charge in [0.2, 0.25) is 0 Å². The molecule has 5 saturated carbocycles. The topological polar surface area (TPSA) is 25.9 Å². The van der Waals surface area contributed by atoms with Gasteiger partial charge < -0.3 is 29.4 Å². The number of nitrogens with zero attached hydrogens (tertiary/aromatic N) is 8. The molecule has 8 aromatic rings. The molecule has 9 fully saturated rings. The van der Waals surface area contributed by atoms with Crippen LogP contribution in [0.25, 0.3) is 0 Å². The Labute approximate surface area is 562 Å². The number of para-hydroxylation sites is 4. The summed E-state index contributed by atoms with van der Waals surface area (Å²) in [7, 11) is 0. The molecule has 4 saturated heterocycles. The minimum Gasteiger partial charge on any atom is -0.362 e. The first-order chi connectivity index (χ1) is 45.9. The number of hydrogen-bond donors (Lipinski definition) is 0. The molecule has 16 atom stereocenters. The monoisotopic (exact) mass is 1240 g/mol. The Balaban J connectivity index is 0.869. The smallest absolute Gasteiger partial charge is 0.0512 e. The molecule has 0 N–H and O–H groups in total. The lowest BCUT2D eigenvalue weighted by Gasteiger charge is -2.74. The molecule has 0 bridgehead atoms. The third-order valence-electron chi connectivity index (χ3n) is 25.3. The van der Waals surface area contributed by atoms with Crippen LogP contribution in [0.2, 0.25) is 0 Å². The van der Waals surface area contributed by atoms with Crippen LogP contribution < -0.4 is 29.4 Å². The van der Waals surface area contributed by atoms with E-state index in [-0.39, 0.29) is 24.2 Å². The zero-order chi connectivity index (χ0) is 63.6. The van der Waals surface area contributed by atoms with Crippen LogP contribution in [0.15, 0.2) is 194 Å². The molecule has 4 heterocycles. The van der Waals surface area contributed by atoms with Gasteiger partial charge in [-0.3, -0.25) is 9.80 Å². The van der Waals surface area contributed by atoms with Gasteiger partial charge in [-0.05, 0) is 215 Å². The predicted octanol–water partition coefficient (Wildman–Crippen LogP) is 18.2. The van der Waals surface area contributed by atoms with Gasteiger partial charge in [-0.25, -0.2) is 0 Å². The van der Waals surface area contributed by atoms with Crippen molar-refractivity contribution >= 4 is 45.5 Å². The molecule has 4 aliphatic heterocycles. The summed E-state index contributed by atoms with van der Waals surface area (Å²) < 4.78 is 0. The normalized spacial score (nSPS) is 31.1.